The lowest BCUT2D eigenvalue weighted by Gasteiger charge is -2.06. The lowest BCUT2D eigenvalue weighted by molar-refractivity contribution is 0.426. The highest BCUT2D eigenvalue weighted by molar-refractivity contribution is 6.58. The van der Waals surface area contributed by atoms with Crippen LogP contribution in [-0.4, -0.2) is 26.7 Å². The van der Waals surface area contributed by atoms with Crippen molar-refractivity contribution in [3.05, 3.63) is 59.9 Å². The average Bonchev–Trinajstić information content (AvgIpc) is 2.91. The Morgan fingerprint density at radius 1 is 1.14 bits per heavy atom. The van der Waals surface area contributed by atoms with Crippen LogP contribution in [0.4, 0.5) is 0 Å². The maximum Gasteiger partial charge on any atom is 0.488 e. The summed E-state index contributed by atoms with van der Waals surface area (Å²) in [5.74, 6) is 0. The number of hydrogen-bond donors (Lipinski definition) is 2. The second-order valence-corrected chi connectivity index (χ2v) is 4.77. The van der Waals surface area contributed by atoms with Crippen LogP contribution in [0.1, 0.15) is 11.1 Å². The van der Waals surface area contributed by atoms with Crippen molar-refractivity contribution in [2.45, 2.75) is 6.54 Å². The zero-order valence-electron chi connectivity index (χ0n) is 11.1. The summed E-state index contributed by atoms with van der Waals surface area (Å²) in [5, 5.41) is 27.2. The van der Waals surface area contributed by atoms with E-state index < -0.39 is 7.12 Å². The van der Waals surface area contributed by atoms with Crippen molar-refractivity contribution in [1.82, 2.24) is 9.55 Å². The maximum absolute atomic E-state index is 9.08. The Kier molecular flexibility index (Phi) is 3.44. The van der Waals surface area contributed by atoms with Crippen molar-refractivity contribution >= 4 is 23.6 Å². The fourth-order valence-corrected chi connectivity index (χ4v) is 2.30. The number of aromatic nitrogens is 2. The molecule has 0 aliphatic rings. The number of nitriles is 1. The minimum Gasteiger partial charge on any atom is -0.423 e. The van der Waals surface area contributed by atoms with Crippen LogP contribution in [0.5, 0.6) is 0 Å². The molecule has 0 atom stereocenters. The molecule has 0 unspecified atom stereocenters. The molecule has 0 amide bonds. The number of nitrogens with zero attached hydrogens (tertiary/aromatic N) is 3. The van der Waals surface area contributed by atoms with E-state index in [1.54, 1.807) is 24.5 Å². The molecule has 0 saturated carbocycles. The third-order valence-corrected chi connectivity index (χ3v) is 3.40. The van der Waals surface area contributed by atoms with Gasteiger partial charge in [-0.25, -0.2) is 4.98 Å². The van der Waals surface area contributed by atoms with E-state index in [-0.39, 0.29) is 0 Å². The number of hydrogen-bond acceptors (Lipinski definition) is 4. The zero-order valence-corrected chi connectivity index (χ0v) is 11.1. The summed E-state index contributed by atoms with van der Waals surface area (Å²) < 4.78 is 1.96. The molecule has 3 rings (SSSR count). The van der Waals surface area contributed by atoms with Gasteiger partial charge < -0.3 is 14.6 Å². The fourth-order valence-electron chi connectivity index (χ4n) is 2.30. The van der Waals surface area contributed by atoms with Gasteiger partial charge in [-0.15, -0.1) is 0 Å². The van der Waals surface area contributed by atoms with Crippen LogP contribution in [0.2, 0.25) is 0 Å². The Morgan fingerprint density at radius 3 is 2.57 bits per heavy atom. The second kappa shape index (κ2) is 5.41. The van der Waals surface area contributed by atoms with Crippen molar-refractivity contribution in [3.63, 3.8) is 0 Å². The first-order valence-electron chi connectivity index (χ1n) is 6.48. The zero-order chi connectivity index (χ0) is 14.8. The van der Waals surface area contributed by atoms with Gasteiger partial charge in [-0.05, 0) is 23.2 Å². The monoisotopic (exact) mass is 277 g/mol. The first-order chi connectivity index (χ1) is 10.2. The smallest absolute Gasteiger partial charge is 0.423 e. The predicted molar refractivity (Wildman–Crippen MR) is 79.8 cm³/mol. The molecule has 1 heterocycles. The van der Waals surface area contributed by atoms with Gasteiger partial charge in [0.05, 0.1) is 17.4 Å². The summed E-state index contributed by atoms with van der Waals surface area (Å²) in [6.07, 6.45) is 1.71. The lowest BCUT2D eigenvalue weighted by Crippen LogP contribution is -2.29. The molecule has 1 aromatic heterocycles. The molecule has 2 N–H and O–H groups in total. The van der Waals surface area contributed by atoms with E-state index in [0.29, 0.717) is 23.1 Å². The third-order valence-electron chi connectivity index (χ3n) is 3.40. The number of imidazole rings is 1. The molecular formula is C15H12BN3O2. The van der Waals surface area contributed by atoms with Crippen molar-refractivity contribution in [3.8, 4) is 6.07 Å². The molecule has 0 aliphatic heterocycles. The van der Waals surface area contributed by atoms with Crippen molar-refractivity contribution in [2.75, 3.05) is 0 Å². The number of rotatable bonds is 3. The van der Waals surface area contributed by atoms with Crippen molar-refractivity contribution in [1.29, 1.82) is 5.26 Å². The SMILES string of the molecule is N#Cc1cccc2c1ncn2Cc1ccc(B(O)O)cc1. The largest absolute Gasteiger partial charge is 0.488 e. The Labute approximate surface area is 121 Å². The minimum absolute atomic E-state index is 0.459. The highest BCUT2D eigenvalue weighted by atomic mass is 16.4. The predicted octanol–water partition coefficient (Wildman–Crippen LogP) is 0.636. The van der Waals surface area contributed by atoms with Gasteiger partial charge in [0.25, 0.3) is 0 Å². The van der Waals surface area contributed by atoms with Crippen LogP contribution in [0, 0.1) is 11.3 Å². The van der Waals surface area contributed by atoms with Gasteiger partial charge in [0.2, 0.25) is 0 Å². The van der Waals surface area contributed by atoms with Gasteiger partial charge in [-0.3, -0.25) is 0 Å². The van der Waals surface area contributed by atoms with Gasteiger partial charge in [0.15, 0.2) is 0 Å². The Bertz CT molecular complexity index is 819. The summed E-state index contributed by atoms with van der Waals surface area (Å²) in [5.41, 5.74) is 3.63. The van der Waals surface area contributed by atoms with Crippen molar-refractivity contribution in [2.24, 2.45) is 0 Å². The molecule has 21 heavy (non-hydrogen) atoms. The molecule has 2 aromatic carbocycles. The summed E-state index contributed by atoms with van der Waals surface area (Å²) >= 11 is 0. The maximum atomic E-state index is 9.08. The number of para-hydroxylation sites is 1. The number of fused-ring (bicyclic) bond motifs is 1. The topological polar surface area (TPSA) is 82.1 Å². The molecule has 0 radical (unpaired) electrons. The standard InChI is InChI=1S/C15H12BN3O2/c17-8-12-2-1-3-14-15(12)18-10-19(14)9-11-4-6-13(7-5-11)16(20)21/h1-7,10,20-21H,9H2. The van der Waals surface area contributed by atoms with Crippen LogP contribution in [0.15, 0.2) is 48.8 Å². The average molecular weight is 277 g/mol. The van der Waals surface area contributed by atoms with E-state index in [9.17, 15) is 0 Å². The molecule has 102 valence electrons. The van der Waals surface area contributed by atoms with Crippen LogP contribution in [-0.2, 0) is 6.54 Å². The second-order valence-electron chi connectivity index (χ2n) is 4.77. The molecule has 0 aliphatic carbocycles. The minimum atomic E-state index is -1.45. The van der Waals surface area contributed by atoms with Gasteiger partial charge >= 0.3 is 7.12 Å². The Hall–Kier alpha value is -2.62. The summed E-state index contributed by atoms with van der Waals surface area (Å²) in [4.78, 5) is 4.29. The summed E-state index contributed by atoms with van der Waals surface area (Å²) in [6, 6.07) is 14.7. The van der Waals surface area contributed by atoms with E-state index in [0.717, 1.165) is 11.1 Å². The molecule has 3 aromatic rings. The van der Waals surface area contributed by atoms with E-state index in [2.05, 4.69) is 11.1 Å². The third kappa shape index (κ3) is 2.52. The molecule has 0 fully saturated rings. The quantitative estimate of drug-likeness (QED) is 0.688. The first kappa shape index (κ1) is 13.4. The van der Waals surface area contributed by atoms with E-state index >= 15 is 0 Å². The Morgan fingerprint density at radius 2 is 1.90 bits per heavy atom. The van der Waals surface area contributed by atoms with Crippen LogP contribution < -0.4 is 5.46 Å². The molecule has 0 bridgehead atoms. The summed E-state index contributed by atoms with van der Waals surface area (Å²) in [6.45, 7) is 0.604. The molecule has 0 spiro atoms. The molecular weight excluding hydrogens is 265 g/mol. The molecule has 0 saturated heterocycles. The highest BCUT2D eigenvalue weighted by Gasteiger charge is 2.11. The van der Waals surface area contributed by atoms with E-state index in [4.69, 9.17) is 15.3 Å². The molecule has 5 nitrogen and oxygen atoms in total. The Balaban J connectivity index is 1.93. The van der Waals surface area contributed by atoms with E-state index in [1.807, 2.05) is 28.8 Å². The number of benzene rings is 2. The normalized spacial score (nSPS) is 10.5. The van der Waals surface area contributed by atoms with E-state index in [1.165, 1.54) is 0 Å². The van der Waals surface area contributed by atoms with Gasteiger partial charge in [-0.2, -0.15) is 5.26 Å². The first-order valence-corrected chi connectivity index (χ1v) is 6.48. The van der Waals surface area contributed by atoms with Crippen LogP contribution in [0.25, 0.3) is 11.0 Å². The van der Waals surface area contributed by atoms with Gasteiger partial charge in [0.1, 0.15) is 11.6 Å². The van der Waals surface area contributed by atoms with Crippen molar-refractivity contribution < 1.29 is 10.0 Å². The summed E-state index contributed by atoms with van der Waals surface area (Å²) in [7, 11) is -1.45. The molecule has 6 heteroatoms. The highest BCUT2D eigenvalue weighted by Crippen LogP contribution is 2.17. The van der Waals surface area contributed by atoms with Gasteiger partial charge in [-0.1, -0.05) is 30.3 Å². The van der Waals surface area contributed by atoms with Gasteiger partial charge in [0, 0.05) is 6.54 Å². The van der Waals surface area contributed by atoms with Crippen LogP contribution >= 0.6 is 0 Å². The lowest BCUT2D eigenvalue weighted by atomic mass is 9.80. The fraction of sp³-hybridized carbons (Fsp3) is 0.0667. The van der Waals surface area contributed by atoms with Crippen LogP contribution in [0.3, 0.4) is 0 Å².